The van der Waals surface area contributed by atoms with Gasteiger partial charge in [0.2, 0.25) is 0 Å². The highest BCUT2D eigenvalue weighted by Gasteiger charge is 2.09. The minimum atomic E-state index is 0.536. The molecule has 1 atom stereocenters. The van der Waals surface area contributed by atoms with Crippen LogP contribution in [0.25, 0.3) is 0 Å². The summed E-state index contributed by atoms with van der Waals surface area (Å²) in [5.41, 5.74) is 0. The van der Waals surface area contributed by atoms with Gasteiger partial charge in [0.05, 0.1) is 0 Å². The maximum absolute atomic E-state index is 4.26. The molecule has 2 N–H and O–H groups in total. The number of nitrogens with one attached hydrogen (secondary N) is 2. The van der Waals surface area contributed by atoms with Gasteiger partial charge in [-0.1, -0.05) is 40.0 Å². The summed E-state index contributed by atoms with van der Waals surface area (Å²) in [4.78, 5) is 6.71. The zero-order valence-corrected chi connectivity index (χ0v) is 13.6. The molecule has 0 aliphatic rings. The van der Waals surface area contributed by atoms with Gasteiger partial charge in [0, 0.05) is 26.2 Å². The fourth-order valence-corrected chi connectivity index (χ4v) is 2.20. The molecule has 0 fully saturated rings. The average Bonchev–Trinajstić information content (AvgIpc) is 2.43. The van der Waals surface area contributed by atoms with Crippen molar-refractivity contribution in [3.8, 4) is 0 Å². The molecule has 0 aromatic heterocycles. The molecule has 0 radical (unpaired) electrons. The number of rotatable bonds is 10. The Hall–Kier alpha value is -0.770. The molecule has 0 aromatic carbocycles. The third-order valence-corrected chi connectivity index (χ3v) is 3.55. The second kappa shape index (κ2) is 12.3. The van der Waals surface area contributed by atoms with E-state index in [-0.39, 0.29) is 0 Å². The van der Waals surface area contributed by atoms with Crippen molar-refractivity contribution in [3.63, 3.8) is 0 Å². The van der Waals surface area contributed by atoms with Gasteiger partial charge in [0.15, 0.2) is 5.96 Å². The zero-order chi connectivity index (χ0) is 14.5. The normalized spacial score (nSPS) is 13.7. The summed E-state index contributed by atoms with van der Waals surface area (Å²) in [5.74, 6) is 0.926. The van der Waals surface area contributed by atoms with E-state index in [1.807, 2.05) is 7.05 Å². The number of hydrogen-bond donors (Lipinski definition) is 2. The molecule has 0 amide bonds. The molecule has 4 nitrogen and oxygen atoms in total. The van der Waals surface area contributed by atoms with Crippen molar-refractivity contribution in [3.05, 3.63) is 0 Å². The summed E-state index contributed by atoms with van der Waals surface area (Å²) in [6, 6.07) is 0.536. The second-order valence-electron chi connectivity index (χ2n) is 5.01. The Morgan fingerprint density at radius 2 is 1.74 bits per heavy atom. The van der Waals surface area contributed by atoms with Crippen LogP contribution < -0.4 is 10.6 Å². The van der Waals surface area contributed by atoms with Crippen molar-refractivity contribution in [2.75, 3.05) is 33.2 Å². The van der Waals surface area contributed by atoms with Crippen LogP contribution in [0, 0.1) is 0 Å². The molecule has 4 heteroatoms. The van der Waals surface area contributed by atoms with E-state index in [1.165, 1.54) is 25.7 Å². The molecule has 0 heterocycles. The van der Waals surface area contributed by atoms with Gasteiger partial charge in [-0.05, 0) is 26.4 Å². The maximum atomic E-state index is 4.26. The fraction of sp³-hybridized carbons (Fsp3) is 0.933. The molecule has 0 bridgehead atoms. The van der Waals surface area contributed by atoms with Crippen molar-refractivity contribution in [2.24, 2.45) is 4.99 Å². The molecular weight excluding hydrogens is 236 g/mol. The van der Waals surface area contributed by atoms with E-state index < -0.39 is 0 Å². The number of nitrogens with zero attached hydrogens (tertiary/aromatic N) is 2. The fourth-order valence-electron chi connectivity index (χ4n) is 2.20. The van der Waals surface area contributed by atoms with Crippen LogP contribution in [0.4, 0.5) is 0 Å². The Labute approximate surface area is 120 Å². The Morgan fingerprint density at radius 3 is 2.26 bits per heavy atom. The summed E-state index contributed by atoms with van der Waals surface area (Å²) < 4.78 is 0. The van der Waals surface area contributed by atoms with Gasteiger partial charge in [-0.2, -0.15) is 0 Å². The summed E-state index contributed by atoms with van der Waals surface area (Å²) in [6.45, 7) is 13.1. The Kier molecular flexibility index (Phi) is 11.8. The highest BCUT2D eigenvalue weighted by Crippen LogP contribution is 1.97. The van der Waals surface area contributed by atoms with Gasteiger partial charge in [-0.3, -0.25) is 9.89 Å². The van der Waals surface area contributed by atoms with Gasteiger partial charge < -0.3 is 10.6 Å². The van der Waals surface area contributed by atoms with Gasteiger partial charge in [-0.15, -0.1) is 0 Å². The third kappa shape index (κ3) is 8.87. The molecule has 0 rings (SSSR count). The Morgan fingerprint density at radius 1 is 1.05 bits per heavy atom. The second-order valence-corrected chi connectivity index (χ2v) is 5.01. The number of hydrogen-bond acceptors (Lipinski definition) is 2. The highest BCUT2D eigenvalue weighted by atomic mass is 15.2. The van der Waals surface area contributed by atoms with Gasteiger partial charge >= 0.3 is 0 Å². The monoisotopic (exact) mass is 270 g/mol. The first-order valence-electron chi connectivity index (χ1n) is 7.88. The lowest BCUT2D eigenvalue weighted by molar-refractivity contribution is 0.231. The number of guanidine groups is 1. The van der Waals surface area contributed by atoms with Crippen LogP contribution in [0.3, 0.4) is 0 Å². The van der Waals surface area contributed by atoms with Crippen molar-refractivity contribution < 1.29 is 0 Å². The van der Waals surface area contributed by atoms with Crippen molar-refractivity contribution in [2.45, 2.75) is 59.4 Å². The van der Waals surface area contributed by atoms with Gasteiger partial charge in [0.1, 0.15) is 0 Å². The van der Waals surface area contributed by atoms with Crippen LogP contribution >= 0.6 is 0 Å². The lowest BCUT2D eigenvalue weighted by atomic mass is 10.2. The lowest BCUT2D eigenvalue weighted by Crippen LogP contribution is -2.46. The molecule has 0 aliphatic carbocycles. The van der Waals surface area contributed by atoms with Crippen molar-refractivity contribution in [1.29, 1.82) is 0 Å². The van der Waals surface area contributed by atoms with E-state index in [0.29, 0.717) is 6.04 Å². The van der Waals surface area contributed by atoms with Crippen LogP contribution in [0.15, 0.2) is 4.99 Å². The average molecular weight is 270 g/mol. The van der Waals surface area contributed by atoms with E-state index in [9.17, 15) is 0 Å². The number of aliphatic imine (C=N–C) groups is 1. The Bertz CT molecular complexity index is 224. The summed E-state index contributed by atoms with van der Waals surface area (Å²) in [7, 11) is 1.84. The smallest absolute Gasteiger partial charge is 0.191 e. The SMILES string of the molecule is CCCCCCNC(=NC)NCC(C)N(CC)CC. The van der Waals surface area contributed by atoms with E-state index in [2.05, 4.69) is 48.2 Å². The molecule has 19 heavy (non-hydrogen) atoms. The van der Waals surface area contributed by atoms with Crippen LogP contribution in [0.1, 0.15) is 53.4 Å². The zero-order valence-electron chi connectivity index (χ0n) is 13.6. The minimum absolute atomic E-state index is 0.536. The standard InChI is InChI=1S/C15H34N4/c1-6-9-10-11-12-17-15(16-5)18-13-14(4)19(7-2)8-3/h14H,6-13H2,1-5H3,(H2,16,17,18). The summed E-state index contributed by atoms with van der Waals surface area (Å²) in [6.07, 6.45) is 5.14. The van der Waals surface area contributed by atoms with E-state index in [4.69, 9.17) is 0 Å². The van der Waals surface area contributed by atoms with E-state index in [0.717, 1.165) is 32.1 Å². The van der Waals surface area contributed by atoms with Crippen molar-refractivity contribution in [1.82, 2.24) is 15.5 Å². The quantitative estimate of drug-likeness (QED) is 0.364. The largest absolute Gasteiger partial charge is 0.356 e. The first-order chi connectivity index (χ1) is 9.19. The highest BCUT2D eigenvalue weighted by molar-refractivity contribution is 5.79. The van der Waals surface area contributed by atoms with Crippen LogP contribution in [-0.4, -0.2) is 50.1 Å². The molecule has 0 saturated carbocycles. The molecule has 0 aliphatic heterocycles. The Balaban J connectivity index is 3.81. The van der Waals surface area contributed by atoms with Gasteiger partial charge in [0.25, 0.3) is 0 Å². The third-order valence-electron chi connectivity index (χ3n) is 3.55. The molecule has 0 aromatic rings. The maximum Gasteiger partial charge on any atom is 0.191 e. The van der Waals surface area contributed by atoms with Crippen LogP contribution in [0.2, 0.25) is 0 Å². The predicted molar refractivity (Wildman–Crippen MR) is 85.9 cm³/mol. The first-order valence-corrected chi connectivity index (χ1v) is 7.88. The molecule has 114 valence electrons. The molecular formula is C15H34N4. The summed E-state index contributed by atoms with van der Waals surface area (Å²) in [5, 5.41) is 6.79. The van der Waals surface area contributed by atoms with Gasteiger partial charge in [-0.25, -0.2) is 0 Å². The van der Waals surface area contributed by atoms with Crippen LogP contribution in [0.5, 0.6) is 0 Å². The van der Waals surface area contributed by atoms with Crippen LogP contribution in [-0.2, 0) is 0 Å². The topological polar surface area (TPSA) is 39.7 Å². The predicted octanol–water partition coefficient (Wildman–Crippen LogP) is 2.46. The molecule has 1 unspecified atom stereocenters. The number of unbranched alkanes of at least 4 members (excludes halogenated alkanes) is 3. The number of likely N-dealkylation sites (N-methyl/N-ethyl adjacent to an activating group) is 1. The summed E-state index contributed by atoms with van der Waals surface area (Å²) >= 11 is 0. The lowest BCUT2D eigenvalue weighted by Gasteiger charge is -2.27. The molecule has 0 saturated heterocycles. The van der Waals surface area contributed by atoms with Crippen molar-refractivity contribution >= 4 is 5.96 Å². The van der Waals surface area contributed by atoms with E-state index in [1.54, 1.807) is 0 Å². The van der Waals surface area contributed by atoms with E-state index >= 15 is 0 Å². The first kappa shape index (κ1) is 18.2. The molecule has 0 spiro atoms. The minimum Gasteiger partial charge on any atom is -0.356 e.